The normalized spacial score (nSPS) is 11.8. The van der Waals surface area contributed by atoms with E-state index in [0.29, 0.717) is 11.0 Å². The quantitative estimate of drug-likeness (QED) is 0.535. The lowest BCUT2D eigenvalue weighted by Gasteiger charge is -2.13. The number of hydrogen-bond donors (Lipinski definition) is 1. The van der Waals surface area contributed by atoms with Crippen LogP contribution in [0, 0.1) is 0 Å². The van der Waals surface area contributed by atoms with Gasteiger partial charge in [0.1, 0.15) is 5.75 Å². The molecular weight excluding hydrogens is 356 g/mol. The monoisotopic (exact) mass is 374 g/mol. The molecule has 2 N–H and O–H groups in total. The topological polar surface area (TPSA) is 108 Å². The van der Waals surface area contributed by atoms with Gasteiger partial charge in [0.25, 0.3) is 0 Å². The molecule has 0 bridgehead atoms. The molecule has 136 valence electrons. The highest BCUT2D eigenvalue weighted by atomic mass is 32.2. The van der Waals surface area contributed by atoms with Gasteiger partial charge in [-0.25, -0.2) is 4.98 Å². The lowest BCUT2D eigenvalue weighted by molar-refractivity contribution is -0.133. The van der Waals surface area contributed by atoms with Gasteiger partial charge in [0.2, 0.25) is 5.95 Å². The van der Waals surface area contributed by atoms with Gasteiger partial charge in [0.05, 0.1) is 17.5 Å². The second-order valence-electron chi connectivity index (χ2n) is 5.81. The lowest BCUT2D eigenvalue weighted by atomic mass is 10.2. The number of carbonyl (C=O) groups is 1. The standard InChI is InChI=1S/C17H18N4O4S/c1-20(2)26(23,24)21-15-9-8-13(11-14(15)19-17(21)18)25-16(22)10-12-6-4-3-5-7-12/h3-9,11H,10H2,1-2H3,(H2,18,19). The molecule has 0 saturated heterocycles. The summed E-state index contributed by atoms with van der Waals surface area (Å²) in [6, 6.07) is 13.7. The average molecular weight is 374 g/mol. The molecule has 0 aliphatic heterocycles. The van der Waals surface area contributed by atoms with Crippen molar-refractivity contribution < 1.29 is 17.9 Å². The number of rotatable bonds is 5. The molecular formula is C17H18N4O4S. The van der Waals surface area contributed by atoms with E-state index in [0.717, 1.165) is 13.8 Å². The van der Waals surface area contributed by atoms with Gasteiger partial charge in [0.15, 0.2) is 0 Å². The van der Waals surface area contributed by atoms with E-state index in [1.807, 2.05) is 30.3 Å². The third-order valence-electron chi connectivity index (χ3n) is 3.72. The first-order valence-corrected chi connectivity index (χ1v) is 9.14. The SMILES string of the molecule is CN(C)S(=O)(=O)n1c(N)nc2cc(OC(=O)Cc3ccccc3)ccc21. The van der Waals surface area contributed by atoms with Crippen LogP contribution in [0.3, 0.4) is 0 Å². The fourth-order valence-corrected chi connectivity index (χ4v) is 3.46. The number of esters is 1. The Bertz CT molecular complexity index is 1060. The molecule has 2 aromatic carbocycles. The number of ether oxygens (including phenoxy) is 1. The van der Waals surface area contributed by atoms with Crippen molar-refractivity contribution in [2.24, 2.45) is 0 Å². The van der Waals surface area contributed by atoms with E-state index in [4.69, 9.17) is 10.5 Å². The van der Waals surface area contributed by atoms with Crippen LogP contribution in [-0.2, 0) is 21.4 Å². The Balaban J connectivity index is 1.88. The number of nitrogens with two attached hydrogens (primary N) is 1. The molecule has 0 fully saturated rings. The molecule has 3 aromatic rings. The summed E-state index contributed by atoms with van der Waals surface area (Å²) in [5.41, 5.74) is 7.23. The number of nitrogen functional groups attached to an aromatic ring is 1. The zero-order valence-corrected chi connectivity index (χ0v) is 15.1. The predicted octanol–water partition coefficient (Wildman–Crippen LogP) is 1.42. The highest BCUT2D eigenvalue weighted by Gasteiger charge is 2.23. The molecule has 0 aliphatic rings. The van der Waals surface area contributed by atoms with Crippen molar-refractivity contribution in [3.63, 3.8) is 0 Å². The van der Waals surface area contributed by atoms with Gasteiger partial charge < -0.3 is 10.5 Å². The number of imidazole rings is 1. The molecule has 0 amide bonds. The van der Waals surface area contributed by atoms with Crippen molar-refractivity contribution in [1.82, 2.24) is 13.3 Å². The summed E-state index contributed by atoms with van der Waals surface area (Å²) in [6.07, 6.45) is 0.129. The van der Waals surface area contributed by atoms with Crippen LogP contribution in [0.1, 0.15) is 5.56 Å². The molecule has 8 nitrogen and oxygen atoms in total. The third-order valence-corrected chi connectivity index (χ3v) is 5.49. The van der Waals surface area contributed by atoms with Crippen LogP contribution >= 0.6 is 0 Å². The molecule has 0 aliphatic carbocycles. The summed E-state index contributed by atoms with van der Waals surface area (Å²) in [5.74, 6) is -0.323. The van der Waals surface area contributed by atoms with Crippen LogP contribution in [0.5, 0.6) is 5.75 Å². The van der Waals surface area contributed by atoms with Crippen LogP contribution in [0.2, 0.25) is 0 Å². The first-order chi connectivity index (χ1) is 12.3. The van der Waals surface area contributed by atoms with Crippen LogP contribution in [0.15, 0.2) is 48.5 Å². The summed E-state index contributed by atoms with van der Waals surface area (Å²) in [4.78, 5) is 16.1. The summed E-state index contributed by atoms with van der Waals surface area (Å²) < 4.78 is 32.1. The maximum Gasteiger partial charge on any atom is 0.315 e. The van der Waals surface area contributed by atoms with Crippen molar-refractivity contribution in [2.45, 2.75) is 6.42 Å². The Morgan fingerprint density at radius 2 is 1.88 bits per heavy atom. The molecule has 0 saturated carbocycles. The molecule has 9 heteroatoms. The summed E-state index contributed by atoms with van der Waals surface area (Å²) in [6.45, 7) is 0. The van der Waals surface area contributed by atoms with Gasteiger partial charge in [-0.3, -0.25) is 4.79 Å². The second-order valence-corrected chi connectivity index (χ2v) is 7.80. The number of fused-ring (bicyclic) bond motifs is 1. The third kappa shape index (κ3) is 3.39. The number of carbonyl (C=O) groups excluding carboxylic acids is 1. The van der Waals surface area contributed by atoms with E-state index in [2.05, 4.69) is 4.98 Å². The Labute approximate surface area is 151 Å². The van der Waals surface area contributed by atoms with Crippen LogP contribution in [0.25, 0.3) is 11.0 Å². The second kappa shape index (κ2) is 6.77. The van der Waals surface area contributed by atoms with Crippen LogP contribution < -0.4 is 10.5 Å². The van der Waals surface area contributed by atoms with Crippen LogP contribution in [0.4, 0.5) is 5.95 Å². The van der Waals surface area contributed by atoms with Gasteiger partial charge in [0, 0.05) is 20.2 Å². The Hall–Kier alpha value is -2.91. The van der Waals surface area contributed by atoms with E-state index < -0.39 is 16.2 Å². The smallest absolute Gasteiger partial charge is 0.315 e. The zero-order chi connectivity index (χ0) is 18.9. The highest BCUT2D eigenvalue weighted by molar-refractivity contribution is 7.87. The Morgan fingerprint density at radius 1 is 1.19 bits per heavy atom. The lowest BCUT2D eigenvalue weighted by Crippen LogP contribution is -2.29. The molecule has 0 spiro atoms. The Kier molecular flexibility index (Phi) is 4.66. The average Bonchev–Trinajstić information content (AvgIpc) is 2.91. The van der Waals surface area contributed by atoms with E-state index in [-0.39, 0.29) is 18.1 Å². The molecule has 1 heterocycles. The molecule has 0 unspecified atom stereocenters. The number of aromatic nitrogens is 2. The van der Waals surface area contributed by atoms with Gasteiger partial charge in [-0.15, -0.1) is 0 Å². The van der Waals surface area contributed by atoms with Crippen molar-refractivity contribution >= 4 is 33.2 Å². The highest BCUT2D eigenvalue weighted by Crippen LogP contribution is 2.25. The molecule has 0 radical (unpaired) electrons. The molecule has 1 aromatic heterocycles. The molecule has 26 heavy (non-hydrogen) atoms. The van der Waals surface area contributed by atoms with Crippen molar-refractivity contribution in [3.8, 4) is 5.75 Å². The van der Waals surface area contributed by atoms with Gasteiger partial charge in [-0.2, -0.15) is 16.7 Å². The Morgan fingerprint density at radius 3 is 2.54 bits per heavy atom. The largest absolute Gasteiger partial charge is 0.426 e. The number of nitrogens with zero attached hydrogens (tertiary/aromatic N) is 3. The minimum Gasteiger partial charge on any atom is -0.426 e. The van der Waals surface area contributed by atoms with E-state index in [1.165, 1.54) is 32.3 Å². The summed E-state index contributed by atoms with van der Waals surface area (Å²) in [7, 11) is -1.01. The number of anilines is 1. The van der Waals surface area contributed by atoms with Crippen LogP contribution in [-0.4, -0.2) is 41.7 Å². The maximum absolute atomic E-state index is 12.4. The first-order valence-electron chi connectivity index (χ1n) is 7.74. The van der Waals surface area contributed by atoms with Crippen molar-refractivity contribution in [3.05, 3.63) is 54.1 Å². The van der Waals surface area contributed by atoms with Gasteiger partial charge in [-0.1, -0.05) is 30.3 Å². The van der Waals surface area contributed by atoms with E-state index in [1.54, 1.807) is 0 Å². The van der Waals surface area contributed by atoms with E-state index >= 15 is 0 Å². The molecule has 3 rings (SSSR count). The summed E-state index contributed by atoms with van der Waals surface area (Å²) in [5, 5.41) is 0. The number of benzene rings is 2. The minimum absolute atomic E-state index is 0.129. The van der Waals surface area contributed by atoms with Gasteiger partial charge >= 0.3 is 16.2 Å². The molecule has 0 atom stereocenters. The zero-order valence-electron chi connectivity index (χ0n) is 14.3. The van der Waals surface area contributed by atoms with Crippen molar-refractivity contribution in [2.75, 3.05) is 19.8 Å². The fraction of sp³-hybridized carbons (Fsp3) is 0.176. The van der Waals surface area contributed by atoms with Gasteiger partial charge in [-0.05, 0) is 17.7 Å². The predicted molar refractivity (Wildman–Crippen MR) is 97.9 cm³/mol. The maximum atomic E-state index is 12.4. The number of hydrogen-bond acceptors (Lipinski definition) is 6. The minimum atomic E-state index is -3.81. The summed E-state index contributed by atoms with van der Waals surface area (Å²) >= 11 is 0. The van der Waals surface area contributed by atoms with Crippen molar-refractivity contribution in [1.29, 1.82) is 0 Å². The van der Waals surface area contributed by atoms with E-state index in [9.17, 15) is 13.2 Å². The first kappa shape index (κ1) is 17.9. The fourth-order valence-electron chi connectivity index (χ4n) is 2.46.